The molecular weight excluding hydrogens is 353 g/mol. The third kappa shape index (κ3) is 3.46. The van der Waals surface area contributed by atoms with Gasteiger partial charge in [0.15, 0.2) is 0 Å². The Kier molecular flexibility index (Phi) is 4.57. The van der Waals surface area contributed by atoms with Crippen LogP contribution in [-0.4, -0.2) is 4.92 Å². The van der Waals surface area contributed by atoms with E-state index in [4.69, 9.17) is 16.3 Å². The quantitative estimate of drug-likeness (QED) is 0.585. The molecule has 0 aromatic heterocycles. The summed E-state index contributed by atoms with van der Waals surface area (Å²) >= 11 is 8.89. The van der Waals surface area contributed by atoms with Crippen LogP contribution in [0.2, 0.25) is 5.02 Å². The van der Waals surface area contributed by atoms with Gasteiger partial charge in [0.25, 0.3) is 5.69 Å². The van der Waals surface area contributed by atoms with Crippen molar-refractivity contribution >= 4 is 33.2 Å². The second-order valence-corrected chi connectivity index (χ2v) is 5.18. The van der Waals surface area contributed by atoms with Gasteiger partial charge in [-0.2, -0.15) is 0 Å². The topological polar surface area (TPSA) is 52.4 Å². The average Bonchev–Trinajstić information content (AvgIpc) is 2.38. The Morgan fingerprint density at radius 3 is 2.70 bits per heavy atom. The lowest BCUT2D eigenvalue weighted by molar-refractivity contribution is -0.385. The normalized spacial score (nSPS) is 10.3. The molecule has 0 aliphatic rings. The molecule has 0 unspecified atom stereocenters. The number of hydrogen-bond acceptors (Lipinski definition) is 3. The first kappa shape index (κ1) is 14.7. The number of hydrogen-bond donors (Lipinski definition) is 0. The number of nitrogens with zero attached hydrogens (tertiary/aromatic N) is 1. The van der Waals surface area contributed by atoms with Gasteiger partial charge in [0, 0.05) is 11.1 Å². The molecule has 0 saturated heterocycles. The van der Waals surface area contributed by atoms with Crippen LogP contribution in [0.1, 0.15) is 5.56 Å². The van der Waals surface area contributed by atoms with Crippen molar-refractivity contribution in [3.05, 3.63) is 67.4 Å². The van der Waals surface area contributed by atoms with E-state index in [0.717, 1.165) is 0 Å². The third-order valence-corrected chi connectivity index (χ3v) is 3.38. The van der Waals surface area contributed by atoms with Crippen molar-refractivity contribution < 1.29 is 14.1 Å². The summed E-state index contributed by atoms with van der Waals surface area (Å²) in [6.45, 7) is -0.0162. The lowest BCUT2D eigenvalue weighted by Crippen LogP contribution is -2.01. The first-order chi connectivity index (χ1) is 9.47. The predicted octanol–water partition coefficient (Wildman–Crippen LogP) is 4.73. The molecule has 2 aromatic rings. The molecule has 2 rings (SSSR count). The molecule has 0 radical (unpaired) electrons. The highest BCUT2D eigenvalue weighted by atomic mass is 79.9. The van der Waals surface area contributed by atoms with E-state index in [-0.39, 0.29) is 17.3 Å². The SMILES string of the molecule is O=[N+]([O-])c1cc(Cl)ccc1COc1ccc(F)cc1Br. The Balaban J connectivity index is 2.20. The summed E-state index contributed by atoms with van der Waals surface area (Å²) in [4.78, 5) is 10.4. The molecule has 4 nitrogen and oxygen atoms in total. The van der Waals surface area contributed by atoms with Crippen LogP contribution < -0.4 is 4.74 Å². The molecule has 0 heterocycles. The Morgan fingerprint density at radius 1 is 1.30 bits per heavy atom. The fourth-order valence-electron chi connectivity index (χ4n) is 1.58. The van der Waals surface area contributed by atoms with E-state index in [1.54, 1.807) is 6.07 Å². The maximum absolute atomic E-state index is 12.9. The fourth-order valence-corrected chi connectivity index (χ4v) is 2.21. The van der Waals surface area contributed by atoms with Crippen molar-refractivity contribution in [3.8, 4) is 5.75 Å². The highest BCUT2D eigenvalue weighted by molar-refractivity contribution is 9.10. The molecule has 2 aromatic carbocycles. The number of benzene rings is 2. The molecule has 0 aliphatic carbocycles. The zero-order valence-electron chi connectivity index (χ0n) is 9.98. The summed E-state index contributed by atoms with van der Waals surface area (Å²) in [6, 6.07) is 8.29. The van der Waals surface area contributed by atoms with Crippen molar-refractivity contribution in [2.45, 2.75) is 6.61 Å². The second kappa shape index (κ2) is 6.19. The van der Waals surface area contributed by atoms with E-state index < -0.39 is 10.7 Å². The van der Waals surface area contributed by atoms with Gasteiger partial charge in [0.1, 0.15) is 18.2 Å². The molecule has 0 fully saturated rings. The van der Waals surface area contributed by atoms with E-state index in [1.807, 2.05) is 0 Å². The lowest BCUT2D eigenvalue weighted by Gasteiger charge is -2.08. The van der Waals surface area contributed by atoms with Crippen LogP contribution in [0.5, 0.6) is 5.75 Å². The summed E-state index contributed by atoms with van der Waals surface area (Å²) in [5.74, 6) is -0.00246. The Labute approximate surface area is 127 Å². The van der Waals surface area contributed by atoms with E-state index in [9.17, 15) is 14.5 Å². The van der Waals surface area contributed by atoms with Gasteiger partial charge < -0.3 is 4.74 Å². The van der Waals surface area contributed by atoms with Crippen molar-refractivity contribution in [3.63, 3.8) is 0 Å². The fraction of sp³-hybridized carbons (Fsp3) is 0.0769. The number of nitro benzene ring substituents is 1. The molecule has 104 valence electrons. The monoisotopic (exact) mass is 359 g/mol. The lowest BCUT2D eigenvalue weighted by atomic mass is 10.2. The molecule has 20 heavy (non-hydrogen) atoms. The molecular formula is C13H8BrClFNO3. The number of halogens is 3. The van der Waals surface area contributed by atoms with Gasteiger partial charge >= 0.3 is 0 Å². The molecule has 0 N–H and O–H groups in total. The van der Waals surface area contributed by atoms with E-state index in [0.29, 0.717) is 15.8 Å². The summed E-state index contributed by atoms with van der Waals surface area (Å²) in [6.07, 6.45) is 0. The summed E-state index contributed by atoms with van der Waals surface area (Å²) in [5.41, 5.74) is 0.270. The maximum atomic E-state index is 12.9. The Hall–Kier alpha value is -1.66. The standard InChI is InChI=1S/C13H8BrClFNO3/c14-11-6-10(16)3-4-13(11)20-7-8-1-2-9(15)5-12(8)17(18)19/h1-6H,7H2. The summed E-state index contributed by atoms with van der Waals surface area (Å²) in [5, 5.41) is 11.2. The molecule has 0 aliphatic heterocycles. The Bertz CT molecular complexity index is 666. The van der Waals surface area contributed by atoms with Crippen LogP contribution in [-0.2, 0) is 6.61 Å². The molecule has 0 spiro atoms. The maximum Gasteiger partial charge on any atom is 0.277 e. The van der Waals surface area contributed by atoms with Crippen molar-refractivity contribution in [1.29, 1.82) is 0 Å². The van der Waals surface area contributed by atoms with Crippen LogP contribution in [0.15, 0.2) is 40.9 Å². The van der Waals surface area contributed by atoms with Gasteiger partial charge in [-0.15, -0.1) is 0 Å². The molecule has 0 saturated carbocycles. The van der Waals surface area contributed by atoms with Crippen molar-refractivity contribution in [1.82, 2.24) is 0 Å². The van der Waals surface area contributed by atoms with E-state index in [2.05, 4.69) is 15.9 Å². The first-order valence-corrected chi connectivity index (χ1v) is 6.65. The van der Waals surface area contributed by atoms with Crippen molar-refractivity contribution in [2.24, 2.45) is 0 Å². The van der Waals surface area contributed by atoms with Crippen LogP contribution in [0, 0.1) is 15.9 Å². The Morgan fingerprint density at radius 2 is 2.05 bits per heavy atom. The van der Waals surface area contributed by atoms with Crippen LogP contribution >= 0.6 is 27.5 Å². The van der Waals surface area contributed by atoms with Crippen LogP contribution in [0.3, 0.4) is 0 Å². The van der Waals surface area contributed by atoms with E-state index in [1.165, 1.54) is 30.3 Å². The van der Waals surface area contributed by atoms with Crippen LogP contribution in [0.4, 0.5) is 10.1 Å². The number of rotatable bonds is 4. The van der Waals surface area contributed by atoms with Gasteiger partial charge in [-0.05, 0) is 46.3 Å². The van der Waals surface area contributed by atoms with Crippen molar-refractivity contribution in [2.75, 3.05) is 0 Å². The average molecular weight is 361 g/mol. The second-order valence-electron chi connectivity index (χ2n) is 3.89. The largest absolute Gasteiger partial charge is 0.487 e. The van der Waals surface area contributed by atoms with Gasteiger partial charge in [-0.25, -0.2) is 4.39 Å². The highest BCUT2D eigenvalue weighted by Crippen LogP contribution is 2.28. The van der Waals surface area contributed by atoms with Crippen LogP contribution in [0.25, 0.3) is 0 Å². The minimum Gasteiger partial charge on any atom is -0.487 e. The van der Waals surface area contributed by atoms with Gasteiger partial charge in [-0.1, -0.05) is 11.6 Å². The smallest absolute Gasteiger partial charge is 0.277 e. The zero-order chi connectivity index (χ0) is 14.7. The summed E-state index contributed by atoms with van der Waals surface area (Å²) in [7, 11) is 0. The summed E-state index contributed by atoms with van der Waals surface area (Å²) < 4.78 is 18.8. The van der Waals surface area contributed by atoms with E-state index >= 15 is 0 Å². The molecule has 7 heteroatoms. The molecule has 0 bridgehead atoms. The molecule has 0 amide bonds. The first-order valence-electron chi connectivity index (χ1n) is 5.48. The minimum atomic E-state index is -0.524. The van der Waals surface area contributed by atoms with Gasteiger partial charge in [0.05, 0.1) is 15.0 Å². The predicted molar refractivity (Wildman–Crippen MR) is 76.5 cm³/mol. The molecule has 0 atom stereocenters. The van der Waals surface area contributed by atoms with Gasteiger partial charge in [-0.3, -0.25) is 10.1 Å². The number of nitro groups is 1. The minimum absolute atomic E-state index is 0.0162. The zero-order valence-corrected chi connectivity index (χ0v) is 12.3. The highest BCUT2D eigenvalue weighted by Gasteiger charge is 2.15. The number of ether oxygens (including phenoxy) is 1. The third-order valence-electron chi connectivity index (χ3n) is 2.52. The van der Waals surface area contributed by atoms with Gasteiger partial charge in [0.2, 0.25) is 0 Å².